The van der Waals surface area contributed by atoms with Gasteiger partial charge in [0, 0.05) is 6.04 Å². The molecule has 2 nitrogen and oxygen atoms in total. The van der Waals surface area contributed by atoms with Gasteiger partial charge in [0.05, 0.1) is 5.02 Å². The van der Waals surface area contributed by atoms with Gasteiger partial charge in [-0.1, -0.05) is 50.4 Å². The van der Waals surface area contributed by atoms with Crippen molar-refractivity contribution in [2.45, 2.75) is 39.2 Å². The van der Waals surface area contributed by atoms with Gasteiger partial charge in [-0.2, -0.15) is 0 Å². The van der Waals surface area contributed by atoms with Gasteiger partial charge in [-0.3, -0.25) is 11.3 Å². The molecule has 0 amide bonds. The molecule has 0 radical (unpaired) electrons. The predicted octanol–water partition coefficient (Wildman–Crippen LogP) is 3.81. The Morgan fingerprint density at radius 1 is 1.35 bits per heavy atom. The minimum atomic E-state index is -0.395. The molecule has 0 aliphatic heterocycles. The van der Waals surface area contributed by atoms with Crippen LogP contribution in [0.15, 0.2) is 18.2 Å². The molecule has 96 valence electrons. The number of hydrazine groups is 1. The van der Waals surface area contributed by atoms with Crippen LogP contribution in [0.2, 0.25) is 5.02 Å². The molecule has 0 aliphatic carbocycles. The number of halogens is 2. The molecule has 17 heavy (non-hydrogen) atoms. The normalized spacial score (nSPS) is 13.1. The summed E-state index contributed by atoms with van der Waals surface area (Å²) in [4.78, 5) is 0. The second kappa shape index (κ2) is 6.94. The molecule has 0 saturated heterocycles. The number of hydrogen-bond donors (Lipinski definition) is 2. The van der Waals surface area contributed by atoms with Crippen molar-refractivity contribution in [3.8, 4) is 0 Å². The van der Waals surface area contributed by atoms with Gasteiger partial charge >= 0.3 is 0 Å². The largest absolute Gasteiger partial charge is 0.271 e. The van der Waals surface area contributed by atoms with E-state index >= 15 is 0 Å². The van der Waals surface area contributed by atoms with Crippen LogP contribution in [0.5, 0.6) is 0 Å². The molecule has 3 N–H and O–H groups in total. The molecular formula is C13H20ClFN2. The van der Waals surface area contributed by atoms with Gasteiger partial charge in [-0.25, -0.2) is 4.39 Å². The average Bonchev–Trinajstić information content (AvgIpc) is 2.28. The highest BCUT2D eigenvalue weighted by atomic mass is 35.5. The van der Waals surface area contributed by atoms with Crippen LogP contribution in [-0.2, 0) is 0 Å². The Morgan fingerprint density at radius 2 is 2.06 bits per heavy atom. The summed E-state index contributed by atoms with van der Waals surface area (Å²) in [6.45, 7) is 4.36. The summed E-state index contributed by atoms with van der Waals surface area (Å²) in [5.41, 5.74) is 3.44. The fourth-order valence-corrected chi connectivity index (χ4v) is 2.11. The van der Waals surface area contributed by atoms with Crippen LogP contribution >= 0.6 is 11.6 Å². The maximum absolute atomic E-state index is 13.3. The fourth-order valence-electron chi connectivity index (χ4n) is 1.85. The summed E-state index contributed by atoms with van der Waals surface area (Å²) in [6.07, 6.45) is 3.03. The second-order valence-electron chi connectivity index (χ2n) is 4.69. The lowest BCUT2D eigenvalue weighted by atomic mass is 9.98. The molecule has 0 aromatic heterocycles. The first-order chi connectivity index (χ1) is 8.06. The van der Waals surface area contributed by atoms with Crippen LogP contribution in [0.1, 0.15) is 44.7 Å². The van der Waals surface area contributed by atoms with E-state index in [2.05, 4.69) is 19.3 Å². The van der Waals surface area contributed by atoms with Crippen molar-refractivity contribution in [2.24, 2.45) is 11.8 Å². The van der Waals surface area contributed by atoms with Crippen LogP contribution < -0.4 is 11.3 Å². The molecule has 0 aliphatic rings. The summed E-state index contributed by atoms with van der Waals surface area (Å²) in [7, 11) is 0. The van der Waals surface area contributed by atoms with E-state index in [1.165, 1.54) is 6.07 Å². The van der Waals surface area contributed by atoms with Crippen LogP contribution in [-0.4, -0.2) is 0 Å². The molecule has 0 saturated carbocycles. The predicted molar refractivity (Wildman–Crippen MR) is 70.2 cm³/mol. The summed E-state index contributed by atoms with van der Waals surface area (Å²) < 4.78 is 13.3. The van der Waals surface area contributed by atoms with Gasteiger partial charge in [-0.15, -0.1) is 0 Å². The van der Waals surface area contributed by atoms with Gasteiger partial charge in [0.25, 0.3) is 0 Å². The Balaban J connectivity index is 2.69. The minimum absolute atomic E-state index is 0.0862. The number of hydrogen-bond acceptors (Lipinski definition) is 2. The van der Waals surface area contributed by atoms with Crippen molar-refractivity contribution in [3.05, 3.63) is 34.6 Å². The molecule has 0 bridgehead atoms. The lowest BCUT2D eigenvalue weighted by molar-refractivity contribution is 0.453. The molecule has 1 unspecified atom stereocenters. The van der Waals surface area contributed by atoms with Crippen LogP contribution in [0, 0.1) is 11.7 Å². The zero-order valence-electron chi connectivity index (χ0n) is 10.3. The van der Waals surface area contributed by atoms with Crippen LogP contribution in [0.3, 0.4) is 0 Å². The first kappa shape index (κ1) is 14.4. The third-order valence-electron chi connectivity index (χ3n) is 2.83. The Labute approximate surface area is 107 Å². The quantitative estimate of drug-likeness (QED) is 0.602. The third kappa shape index (κ3) is 4.26. The molecule has 0 spiro atoms. The average molecular weight is 259 g/mol. The minimum Gasteiger partial charge on any atom is -0.271 e. The zero-order valence-corrected chi connectivity index (χ0v) is 11.1. The van der Waals surface area contributed by atoms with Crippen molar-refractivity contribution >= 4 is 11.6 Å². The monoisotopic (exact) mass is 258 g/mol. The van der Waals surface area contributed by atoms with E-state index < -0.39 is 5.82 Å². The zero-order chi connectivity index (χ0) is 12.8. The summed E-state index contributed by atoms with van der Waals surface area (Å²) in [5.74, 6) is 5.78. The van der Waals surface area contributed by atoms with Gasteiger partial charge in [0.1, 0.15) is 5.82 Å². The third-order valence-corrected chi connectivity index (χ3v) is 3.23. The van der Waals surface area contributed by atoms with Crippen molar-refractivity contribution in [3.63, 3.8) is 0 Å². The highest BCUT2D eigenvalue weighted by Gasteiger charge is 2.15. The fraction of sp³-hybridized carbons (Fsp3) is 0.538. The standard InChI is InChI=1S/C13H20ClFN2/c1-9(2)5-3-8-12(17-16)10-6-4-7-11(15)13(10)14/h4,6-7,9,12,17H,3,5,8,16H2,1-2H3. The van der Waals surface area contributed by atoms with Gasteiger partial charge in [0.15, 0.2) is 0 Å². The lowest BCUT2D eigenvalue weighted by Gasteiger charge is -2.18. The SMILES string of the molecule is CC(C)CCCC(NN)c1cccc(F)c1Cl. The van der Waals surface area contributed by atoms with Crippen molar-refractivity contribution < 1.29 is 4.39 Å². The second-order valence-corrected chi connectivity index (χ2v) is 5.07. The van der Waals surface area contributed by atoms with Gasteiger partial charge in [-0.05, 0) is 24.0 Å². The van der Waals surface area contributed by atoms with E-state index in [9.17, 15) is 4.39 Å². The van der Waals surface area contributed by atoms with Crippen molar-refractivity contribution in [2.75, 3.05) is 0 Å². The maximum Gasteiger partial charge on any atom is 0.142 e. The Morgan fingerprint density at radius 3 is 2.65 bits per heavy atom. The summed E-state index contributed by atoms with van der Waals surface area (Å²) in [5, 5.41) is 0.167. The maximum atomic E-state index is 13.3. The van der Waals surface area contributed by atoms with Crippen LogP contribution in [0.25, 0.3) is 0 Å². The Bertz CT molecular complexity index is 355. The molecule has 0 fully saturated rings. The molecule has 1 atom stereocenters. The molecule has 1 aromatic rings. The Hall–Kier alpha value is -0.640. The van der Waals surface area contributed by atoms with E-state index in [0.29, 0.717) is 5.92 Å². The highest BCUT2D eigenvalue weighted by molar-refractivity contribution is 6.31. The van der Waals surface area contributed by atoms with Crippen molar-refractivity contribution in [1.82, 2.24) is 5.43 Å². The Kier molecular flexibility index (Phi) is 5.89. The van der Waals surface area contributed by atoms with E-state index in [0.717, 1.165) is 24.8 Å². The topological polar surface area (TPSA) is 38.0 Å². The van der Waals surface area contributed by atoms with E-state index in [4.69, 9.17) is 17.4 Å². The van der Waals surface area contributed by atoms with Gasteiger partial charge in [0.2, 0.25) is 0 Å². The van der Waals surface area contributed by atoms with E-state index in [-0.39, 0.29) is 11.1 Å². The van der Waals surface area contributed by atoms with E-state index in [1.807, 2.05) is 6.07 Å². The first-order valence-corrected chi connectivity index (χ1v) is 6.34. The van der Waals surface area contributed by atoms with Crippen molar-refractivity contribution in [1.29, 1.82) is 0 Å². The number of benzene rings is 1. The highest BCUT2D eigenvalue weighted by Crippen LogP contribution is 2.28. The summed E-state index contributed by atoms with van der Waals surface area (Å²) >= 11 is 5.94. The summed E-state index contributed by atoms with van der Waals surface area (Å²) in [6, 6.07) is 4.74. The molecule has 0 heterocycles. The van der Waals surface area contributed by atoms with E-state index in [1.54, 1.807) is 6.07 Å². The smallest absolute Gasteiger partial charge is 0.142 e. The first-order valence-electron chi connectivity index (χ1n) is 5.96. The molecular weight excluding hydrogens is 239 g/mol. The number of nitrogens with two attached hydrogens (primary N) is 1. The lowest BCUT2D eigenvalue weighted by Crippen LogP contribution is -2.28. The number of nitrogens with one attached hydrogen (secondary N) is 1. The molecule has 1 rings (SSSR count). The molecule has 4 heteroatoms. The van der Waals surface area contributed by atoms with Crippen LogP contribution in [0.4, 0.5) is 4.39 Å². The number of rotatable bonds is 6. The van der Waals surface area contributed by atoms with Gasteiger partial charge < -0.3 is 0 Å². The molecule has 1 aromatic carbocycles.